The van der Waals surface area contributed by atoms with E-state index in [4.69, 9.17) is 5.84 Å². The summed E-state index contributed by atoms with van der Waals surface area (Å²) >= 11 is 0. The topological polar surface area (TPSA) is 111 Å². The van der Waals surface area contributed by atoms with Crippen molar-refractivity contribution < 1.29 is 4.79 Å². The van der Waals surface area contributed by atoms with Gasteiger partial charge < -0.3 is 15.3 Å². The molecule has 0 bridgehead atoms. The van der Waals surface area contributed by atoms with Crippen LogP contribution < -0.4 is 16.6 Å². The Morgan fingerprint density at radius 3 is 2.95 bits per heavy atom. The lowest BCUT2D eigenvalue weighted by molar-refractivity contribution is 0.0933. The van der Waals surface area contributed by atoms with Crippen LogP contribution in [0.5, 0.6) is 0 Å². The number of pyridine rings is 1. The minimum atomic E-state index is -0.299. The number of anilines is 1. The Morgan fingerprint density at radius 2 is 2.32 bits per heavy atom. The third kappa shape index (κ3) is 2.86. The SMILES string of the molecule is CC(NC(=O)c1cc(NN)ccn1)c1nncn1C. The van der Waals surface area contributed by atoms with Gasteiger partial charge in [0.15, 0.2) is 5.82 Å². The number of hydrogen-bond donors (Lipinski definition) is 3. The van der Waals surface area contributed by atoms with Gasteiger partial charge >= 0.3 is 0 Å². The summed E-state index contributed by atoms with van der Waals surface area (Å²) in [6.45, 7) is 1.83. The van der Waals surface area contributed by atoms with Gasteiger partial charge in [-0.05, 0) is 19.1 Å². The molecule has 8 nitrogen and oxygen atoms in total. The average Bonchev–Trinajstić information content (AvgIpc) is 2.85. The zero-order valence-electron chi connectivity index (χ0n) is 10.7. The van der Waals surface area contributed by atoms with E-state index < -0.39 is 0 Å². The van der Waals surface area contributed by atoms with Crippen molar-refractivity contribution in [1.82, 2.24) is 25.1 Å². The average molecular weight is 261 g/mol. The largest absolute Gasteiger partial charge is 0.341 e. The van der Waals surface area contributed by atoms with Gasteiger partial charge in [0, 0.05) is 13.2 Å². The predicted molar refractivity (Wildman–Crippen MR) is 68.9 cm³/mol. The molecule has 2 aromatic heterocycles. The van der Waals surface area contributed by atoms with Crippen LogP contribution in [-0.2, 0) is 7.05 Å². The summed E-state index contributed by atoms with van der Waals surface area (Å²) in [6.07, 6.45) is 3.09. The van der Waals surface area contributed by atoms with Crippen LogP contribution in [-0.4, -0.2) is 25.7 Å². The molecule has 0 aliphatic carbocycles. The minimum absolute atomic E-state index is 0.267. The molecule has 1 unspecified atom stereocenters. The van der Waals surface area contributed by atoms with Crippen molar-refractivity contribution in [3.8, 4) is 0 Å². The number of aryl methyl sites for hydroxylation is 1. The molecule has 19 heavy (non-hydrogen) atoms. The van der Waals surface area contributed by atoms with E-state index in [0.29, 0.717) is 11.5 Å². The number of nitrogens with zero attached hydrogens (tertiary/aromatic N) is 4. The van der Waals surface area contributed by atoms with Gasteiger partial charge in [-0.3, -0.25) is 15.6 Å². The van der Waals surface area contributed by atoms with Crippen LogP contribution >= 0.6 is 0 Å². The standard InChI is InChI=1S/C11H15N7O/c1-7(10-17-14-6-18(10)2)15-11(19)9-5-8(16-12)3-4-13-9/h3-7H,12H2,1-2H3,(H,13,16)(H,15,19). The number of carbonyl (C=O) groups excluding carboxylic acids is 1. The highest BCUT2D eigenvalue weighted by atomic mass is 16.1. The Balaban J connectivity index is 2.10. The number of nitrogen functional groups attached to an aromatic ring is 1. The maximum Gasteiger partial charge on any atom is 0.270 e. The molecule has 0 aromatic carbocycles. The van der Waals surface area contributed by atoms with Gasteiger partial charge in [0.05, 0.1) is 11.7 Å². The molecule has 0 saturated heterocycles. The van der Waals surface area contributed by atoms with Crippen molar-refractivity contribution in [1.29, 1.82) is 0 Å². The molecular formula is C11H15N7O. The third-order valence-electron chi connectivity index (χ3n) is 2.64. The van der Waals surface area contributed by atoms with Gasteiger partial charge in [0.2, 0.25) is 0 Å². The van der Waals surface area contributed by atoms with Crippen molar-refractivity contribution in [3.05, 3.63) is 36.2 Å². The van der Waals surface area contributed by atoms with Gasteiger partial charge in [-0.2, -0.15) is 0 Å². The highest BCUT2D eigenvalue weighted by Gasteiger charge is 2.16. The number of nitrogens with one attached hydrogen (secondary N) is 2. The van der Waals surface area contributed by atoms with E-state index in [2.05, 4.69) is 25.9 Å². The molecule has 0 radical (unpaired) electrons. The Kier molecular flexibility index (Phi) is 3.71. The first-order chi connectivity index (χ1) is 9.11. The van der Waals surface area contributed by atoms with E-state index in [1.807, 2.05) is 14.0 Å². The molecule has 2 rings (SSSR count). The summed E-state index contributed by atoms with van der Waals surface area (Å²) in [5.74, 6) is 5.66. The predicted octanol–water partition coefficient (Wildman–Crippen LogP) is -0.0133. The Bertz CT molecular complexity index is 580. The van der Waals surface area contributed by atoms with Crippen LogP contribution in [0.25, 0.3) is 0 Å². The summed E-state index contributed by atoms with van der Waals surface area (Å²) in [7, 11) is 1.81. The van der Waals surface area contributed by atoms with E-state index in [9.17, 15) is 4.79 Å². The second-order valence-corrected chi connectivity index (χ2v) is 4.07. The summed E-state index contributed by atoms with van der Waals surface area (Å²) in [6, 6.07) is 2.97. The molecule has 2 heterocycles. The maximum absolute atomic E-state index is 12.0. The van der Waals surface area contributed by atoms with Crippen LogP contribution in [0, 0.1) is 0 Å². The van der Waals surface area contributed by atoms with Crippen molar-refractivity contribution in [2.75, 3.05) is 5.43 Å². The molecule has 8 heteroatoms. The highest BCUT2D eigenvalue weighted by molar-refractivity contribution is 5.93. The van der Waals surface area contributed by atoms with Gasteiger partial charge in [-0.1, -0.05) is 0 Å². The van der Waals surface area contributed by atoms with E-state index in [1.165, 1.54) is 6.20 Å². The molecule has 0 fully saturated rings. The van der Waals surface area contributed by atoms with Crippen molar-refractivity contribution in [2.45, 2.75) is 13.0 Å². The Morgan fingerprint density at radius 1 is 1.53 bits per heavy atom. The fourth-order valence-electron chi connectivity index (χ4n) is 1.66. The second kappa shape index (κ2) is 5.44. The van der Waals surface area contributed by atoms with E-state index >= 15 is 0 Å². The molecule has 4 N–H and O–H groups in total. The first-order valence-corrected chi connectivity index (χ1v) is 5.69. The van der Waals surface area contributed by atoms with Gasteiger partial charge in [0.1, 0.15) is 12.0 Å². The molecule has 0 aliphatic rings. The van der Waals surface area contributed by atoms with Crippen LogP contribution in [0.1, 0.15) is 29.3 Å². The normalized spacial score (nSPS) is 11.9. The van der Waals surface area contributed by atoms with Crippen LogP contribution in [0.2, 0.25) is 0 Å². The summed E-state index contributed by atoms with van der Waals surface area (Å²) in [5.41, 5.74) is 3.36. The number of amides is 1. The number of nitrogens with two attached hydrogens (primary N) is 1. The second-order valence-electron chi connectivity index (χ2n) is 4.07. The van der Waals surface area contributed by atoms with Crippen LogP contribution in [0.15, 0.2) is 24.7 Å². The van der Waals surface area contributed by atoms with Crippen LogP contribution in [0.4, 0.5) is 5.69 Å². The molecule has 100 valence electrons. The molecule has 0 spiro atoms. The summed E-state index contributed by atoms with van der Waals surface area (Å²) < 4.78 is 1.75. The number of hydrazine groups is 1. The zero-order valence-corrected chi connectivity index (χ0v) is 10.7. The van der Waals surface area contributed by atoms with E-state index in [1.54, 1.807) is 23.0 Å². The molecular weight excluding hydrogens is 246 g/mol. The lowest BCUT2D eigenvalue weighted by Gasteiger charge is -2.12. The smallest absolute Gasteiger partial charge is 0.270 e. The van der Waals surface area contributed by atoms with Crippen molar-refractivity contribution in [2.24, 2.45) is 12.9 Å². The lowest BCUT2D eigenvalue weighted by atomic mass is 10.2. The van der Waals surface area contributed by atoms with E-state index in [0.717, 1.165) is 0 Å². The highest BCUT2D eigenvalue weighted by Crippen LogP contribution is 2.10. The fraction of sp³-hybridized carbons (Fsp3) is 0.273. The van der Waals surface area contributed by atoms with Gasteiger partial charge in [0.25, 0.3) is 5.91 Å². The van der Waals surface area contributed by atoms with Gasteiger partial charge in [-0.15, -0.1) is 10.2 Å². The lowest BCUT2D eigenvalue weighted by Crippen LogP contribution is -2.29. The number of rotatable bonds is 4. The summed E-state index contributed by atoms with van der Waals surface area (Å²) in [4.78, 5) is 16.0. The fourth-order valence-corrected chi connectivity index (χ4v) is 1.66. The number of hydrogen-bond acceptors (Lipinski definition) is 6. The van der Waals surface area contributed by atoms with Crippen molar-refractivity contribution in [3.63, 3.8) is 0 Å². The van der Waals surface area contributed by atoms with E-state index in [-0.39, 0.29) is 17.6 Å². The molecule has 0 saturated carbocycles. The third-order valence-corrected chi connectivity index (χ3v) is 2.64. The summed E-state index contributed by atoms with van der Waals surface area (Å²) in [5, 5.41) is 10.5. The van der Waals surface area contributed by atoms with Crippen LogP contribution in [0.3, 0.4) is 0 Å². The van der Waals surface area contributed by atoms with Gasteiger partial charge in [-0.25, -0.2) is 0 Å². The molecule has 2 aromatic rings. The zero-order chi connectivity index (χ0) is 13.8. The Labute approximate surface area is 110 Å². The monoisotopic (exact) mass is 261 g/mol. The molecule has 0 aliphatic heterocycles. The first kappa shape index (κ1) is 13.0. The Hall–Kier alpha value is -2.48. The number of carbonyl (C=O) groups is 1. The molecule has 1 atom stereocenters. The quantitative estimate of drug-likeness (QED) is 0.527. The number of aromatic nitrogens is 4. The molecule has 1 amide bonds. The maximum atomic E-state index is 12.0. The first-order valence-electron chi connectivity index (χ1n) is 5.69. The minimum Gasteiger partial charge on any atom is -0.341 e. The van der Waals surface area contributed by atoms with Crippen molar-refractivity contribution >= 4 is 11.6 Å².